The number of nitrogens with one attached hydrogen (secondary N) is 1. The van der Waals surface area contributed by atoms with Crippen molar-refractivity contribution in [3.8, 4) is 11.8 Å². The first-order valence-corrected chi connectivity index (χ1v) is 9.67. The summed E-state index contributed by atoms with van der Waals surface area (Å²) in [6, 6.07) is 9.78. The maximum Gasteiger partial charge on any atom is 0.433 e. The topological polar surface area (TPSA) is 94.8 Å². The van der Waals surface area contributed by atoms with E-state index < -0.39 is 54.1 Å². The average molecular weight is 489 g/mol. The number of benzene rings is 2. The van der Waals surface area contributed by atoms with E-state index in [9.17, 15) is 31.1 Å². The Kier molecular flexibility index (Phi) is 7.11. The van der Waals surface area contributed by atoms with Crippen LogP contribution in [-0.4, -0.2) is 42.9 Å². The Morgan fingerprint density at radius 1 is 1.18 bits per heavy atom. The SMILES string of the molecule is N#Cc1ccc(N2C[C@@H](COc3ccc(CNC(=O)O)cc3)O[C@@H]2C(F)(F)F)cc1C(F)(F)F. The number of amides is 1. The highest BCUT2D eigenvalue weighted by molar-refractivity contribution is 5.64. The van der Waals surface area contributed by atoms with Gasteiger partial charge in [-0.1, -0.05) is 12.1 Å². The van der Waals surface area contributed by atoms with Crippen LogP contribution in [0.4, 0.5) is 36.8 Å². The summed E-state index contributed by atoms with van der Waals surface area (Å²) in [6.45, 7) is -0.680. The number of anilines is 1. The molecule has 1 aliphatic rings. The van der Waals surface area contributed by atoms with Crippen LogP contribution < -0.4 is 15.0 Å². The van der Waals surface area contributed by atoms with E-state index in [0.29, 0.717) is 16.5 Å². The summed E-state index contributed by atoms with van der Waals surface area (Å²) in [6.07, 6.45) is -14.7. The van der Waals surface area contributed by atoms with Gasteiger partial charge < -0.3 is 24.8 Å². The van der Waals surface area contributed by atoms with Crippen LogP contribution in [-0.2, 0) is 17.5 Å². The van der Waals surface area contributed by atoms with Gasteiger partial charge in [-0.3, -0.25) is 0 Å². The minimum atomic E-state index is -4.93. The fourth-order valence-corrected chi connectivity index (χ4v) is 3.31. The maximum absolute atomic E-state index is 13.6. The second kappa shape index (κ2) is 9.68. The molecule has 1 heterocycles. The van der Waals surface area contributed by atoms with E-state index in [1.54, 1.807) is 12.1 Å². The Morgan fingerprint density at radius 3 is 2.41 bits per heavy atom. The number of rotatable bonds is 6. The van der Waals surface area contributed by atoms with Crippen LogP contribution in [0.3, 0.4) is 0 Å². The van der Waals surface area contributed by atoms with Gasteiger partial charge in [0.25, 0.3) is 0 Å². The zero-order valence-corrected chi connectivity index (χ0v) is 17.2. The van der Waals surface area contributed by atoms with Crippen LogP contribution in [0.25, 0.3) is 0 Å². The first kappa shape index (κ1) is 25.0. The second-order valence-corrected chi connectivity index (χ2v) is 7.26. The van der Waals surface area contributed by atoms with Gasteiger partial charge in [0.2, 0.25) is 6.23 Å². The van der Waals surface area contributed by atoms with Gasteiger partial charge in [-0.25, -0.2) is 4.79 Å². The van der Waals surface area contributed by atoms with E-state index in [-0.39, 0.29) is 18.9 Å². The Hall–Kier alpha value is -3.66. The van der Waals surface area contributed by atoms with Crippen molar-refractivity contribution in [2.24, 2.45) is 0 Å². The first-order chi connectivity index (χ1) is 15.9. The molecule has 0 aromatic heterocycles. The van der Waals surface area contributed by atoms with E-state index >= 15 is 0 Å². The molecule has 2 atom stereocenters. The minimum Gasteiger partial charge on any atom is -0.491 e. The molecular formula is C21H17F6N3O4. The smallest absolute Gasteiger partial charge is 0.433 e. The van der Waals surface area contributed by atoms with Crippen LogP contribution in [0.2, 0.25) is 0 Å². The van der Waals surface area contributed by atoms with Crippen molar-refractivity contribution in [3.05, 3.63) is 59.2 Å². The van der Waals surface area contributed by atoms with Crippen LogP contribution in [0, 0.1) is 11.3 Å². The predicted molar refractivity (Wildman–Crippen MR) is 105 cm³/mol. The van der Waals surface area contributed by atoms with Crippen molar-refractivity contribution in [2.45, 2.75) is 31.2 Å². The summed E-state index contributed by atoms with van der Waals surface area (Å²) >= 11 is 0. The maximum atomic E-state index is 13.6. The lowest BCUT2D eigenvalue weighted by Gasteiger charge is -2.27. The molecule has 0 bridgehead atoms. The minimum absolute atomic E-state index is 0.0497. The third-order valence-corrected chi connectivity index (χ3v) is 4.85. The molecule has 1 saturated heterocycles. The van der Waals surface area contributed by atoms with Crippen molar-refractivity contribution in [1.82, 2.24) is 5.32 Å². The average Bonchev–Trinajstić information content (AvgIpc) is 3.21. The number of carbonyl (C=O) groups is 1. The van der Waals surface area contributed by atoms with Crippen molar-refractivity contribution >= 4 is 11.8 Å². The quantitative estimate of drug-likeness (QED) is 0.580. The number of hydrogen-bond donors (Lipinski definition) is 2. The van der Waals surface area contributed by atoms with Crippen LogP contribution in [0.5, 0.6) is 5.75 Å². The van der Waals surface area contributed by atoms with Crippen LogP contribution in [0.1, 0.15) is 16.7 Å². The monoisotopic (exact) mass is 489 g/mol. The highest BCUT2D eigenvalue weighted by Gasteiger charge is 2.51. The van der Waals surface area contributed by atoms with Gasteiger partial charge in [0.1, 0.15) is 18.5 Å². The summed E-state index contributed by atoms with van der Waals surface area (Å²) in [4.78, 5) is 11.2. The molecule has 2 aromatic rings. The standard InChI is InChI=1S/C21H17F6N3O4/c22-20(23,24)17-7-14(4-3-13(17)8-28)30-10-16(34-18(30)21(25,26)27)11-33-15-5-1-12(2-6-15)9-29-19(31)32/h1-7,16,18,29H,9-11H2,(H,31,32)/t16-,18+/m0/s1. The van der Waals surface area contributed by atoms with Gasteiger partial charge in [-0.15, -0.1) is 0 Å². The number of ether oxygens (including phenoxy) is 2. The van der Waals surface area contributed by atoms with Crippen molar-refractivity contribution in [1.29, 1.82) is 5.26 Å². The van der Waals surface area contributed by atoms with E-state index in [4.69, 9.17) is 19.8 Å². The summed E-state index contributed by atoms with van der Waals surface area (Å²) in [5.41, 5.74) is -1.82. The Labute approximate surface area is 189 Å². The van der Waals surface area contributed by atoms with Crippen molar-refractivity contribution < 1.29 is 45.7 Å². The molecule has 7 nitrogen and oxygen atoms in total. The highest BCUT2D eigenvalue weighted by Crippen LogP contribution is 2.39. The lowest BCUT2D eigenvalue weighted by atomic mass is 10.1. The molecule has 182 valence electrons. The van der Waals surface area contributed by atoms with E-state index in [1.807, 2.05) is 0 Å². The largest absolute Gasteiger partial charge is 0.491 e. The normalized spacial score (nSPS) is 18.4. The number of halogens is 6. The van der Waals surface area contributed by atoms with Crippen LogP contribution in [0.15, 0.2) is 42.5 Å². The lowest BCUT2D eigenvalue weighted by Crippen LogP contribution is -2.42. The molecule has 0 saturated carbocycles. The fourth-order valence-electron chi connectivity index (χ4n) is 3.31. The number of carboxylic acid groups (broad SMARTS) is 1. The summed E-state index contributed by atoms with van der Waals surface area (Å²) in [5.74, 6) is 0.280. The zero-order valence-electron chi connectivity index (χ0n) is 17.2. The third-order valence-electron chi connectivity index (χ3n) is 4.85. The number of alkyl halides is 6. The van der Waals surface area contributed by atoms with Crippen molar-refractivity contribution in [2.75, 3.05) is 18.1 Å². The molecule has 0 radical (unpaired) electrons. The molecular weight excluding hydrogens is 472 g/mol. The number of nitrogens with zero attached hydrogens (tertiary/aromatic N) is 2. The van der Waals surface area contributed by atoms with E-state index in [0.717, 1.165) is 12.1 Å². The molecule has 0 unspecified atom stereocenters. The van der Waals surface area contributed by atoms with Gasteiger partial charge >= 0.3 is 18.4 Å². The predicted octanol–water partition coefficient (Wildman–Crippen LogP) is 4.52. The molecule has 0 aliphatic carbocycles. The van der Waals surface area contributed by atoms with Gasteiger partial charge in [0.05, 0.1) is 23.7 Å². The van der Waals surface area contributed by atoms with E-state index in [2.05, 4.69) is 5.32 Å². The van der Waals surface area contributed by atoms with E-state index in [1.165, 1.54) is 18.2 Å². The van der Waals surface area contributed by atoms with Gasteiger partial charge in [0.15, 0.2) is 0 Å². The lowest BCUT2D eigenvalue weighted by molar-refractivity contribution is -0.215. The first-order valence-electron chi connectivity index (χ1n) is 9.67. The Bertz CT molecular complexity index is 1070. The molecule has 2 N–H and O–H groups in total. The van der Waals surface area contributed by atoms with Gasteiger partial charge in [0, 0.05) is 12.2 Å². The summed E-state index contributed by atoms with van der Waals surface area (Å²) in [5, 5.41) is 19.7. The summed E-state index contributed by atoms with van der Waals surface area (Å²) < 4.78 is 90.9. The van der Waals surface area contributed by atoms with Crippen molar-refractivity contribution in [3.63, 3.8) is 0 Å². The van der Waals surface area contributed by atoms with Gasteiger partial charge in [-0.05, 0) is 35.9 Å². The highest BCUT2D eigenvalue weighted by atomic mass is 19.4. The number of nitriles is 1. The Balaban J connectivity index is 1.73. The molecule has 1 fully saturated rings. The zero-order chi connectivity index (χ0) is 25.1. The molecule has 2 aromatic carbocycles. The molecule has 3 rings (SSSR count). The second-order valence-electron chi connectivity index (χ2n) is 7.26. The molecule has 1 amide bonds. The molecule has 0 spiro atoms. The third kappa shape index (κ3) is 6.02. The summed E-state index contributed by atoms with van der Waals surface area (Å²) in [7, 11) is 0. The van der Waals surface area contributed by atoms with Crippen LogP contribution >= 0.6 is 0 Å². The molecule has 34 heavy (non-hydrogen) atoms. The van der Waals surface area contributed by atoms with Gasteiger partial charge in [-0.2, -0.15) is 31.6 Å². The number of hydrogen-bond acceptors (Lipinski definition) is 5. The molecule has 1 aliphatic heterocycles. The Morgan fingerprint density at radius 2 is 1.85 bits per heavy atom. The molecule has 13 heteroatoms. The fraction of sp³-hybridized carbons (Fsp3) is 0.333.